The number of hydrogen-bond donors (Lipinski definition) is 2. The van der Waals surface area contributed by atoms with Crippen LogP contribution in [0.2, 0.25) is 5.02 Å². The summed E-state index contributed by atoms with van der Waals surface area (Å²) >= 11 is 7.08. The Morgan fingerprint density at radius 1 is 1.09 bits per heavy atom. The minimum absolute atomic E-state index is 0.135. The van der Waals surface area contributed by atoms with Crippen LogP contribution >= 0.6 is 22.9 Å². The summed E-state index contributed by atoms with van der Waals surface area (Å²) in [7, 11) is -4.08. The normalized spacial score (nSPS) is 12.2. The summed E-state index contributed by atoms with van der Waals surface area (Å²) in [6.45, 7) is 3.44. The molecule has 3 rings (SSSR count). The standard InChI is InChI=1S/C23H22ClFN2O5S2/c1-3-19(27-34(30,31)17-11-9-16(25)10-12-17)21(28)26-22-20(23(29)32-4-2)18(13-33-22)14-5-7-15(24)8-6-14/h5-13,19,27H,3-4H2,1-2H3,(H,26,28). The van der Waals surface area contributed by atoms with Crippen molar-refractivity contribution in [2.45, 2.75) is 31.2 Å². The number of carbonyl (C=O) groups excluding carboxylic acids is 2. The molecule has 2 N–H and O–H groups in total. The van der Waals surface area contributed by atoms with Crippen molar-refractivity contribution in [1.29, 1.82) is 0 Å². The Balaban J connectivity index is 1.88. The molecule has 1 amide bonds. The maximum atomic E-state index is 13.2. The van der Waals surface area contributed by atoms with Crippen molar-refractivity contribution in [1.82, 2.24) is 4.72 Å². The highest BCUT2D eigenvalue weighted by atomic mass is 35.5. The summed E-state index contributed by atoms with van der Waals surface area (Å²) in [5, 5.41) is 5.12. The number of ether oxygens (including phenoxy) is 1. The molecule has 0 saturated heterocycles. The van der Waals surface area contributed by atoms with E-state index in [1.54, 1.807) is 43.5 Å². The van der Waals surface area contributed by atoms with Gasteiger partial charge in [0, 0.05) is 16.0 Å². The van der Waals surface area contributed by atoms with E-state index in [1.165, 1.54) is 0 Å². The second kappa shape index (κ2) is 11.1. The number of hydrogen-bond acceptors (Lipinski definition) is 6. The highest BCUT2D eigenvalue weighted by molar-refractivity contribution is 7.89. The van der Waals surface area contributed by atoms with Gasteiger partial charge in [-0.2, -0.15) is 4.72 Å². The number of halogens is 2. The number of carbonyl (C=O) groups is 2. The summed E-state index contributed by atoms with van der Waals surface area (Å²) in [5.41, 5.74) is 1.42. The fourth-order valence-electron chi connectivity index (χ4n) is 3.09. The average molecular weight is 525 g/mol. The lowest BCUT2D eigenvalue weighted by molar-refractivity contribution is -0.117. The van der Waals surface area contributed by atoms with Gasteiger partial charge >= 0.3 is 5.97 Å². The molecule has 0 bridgehead atoms. The highest BCUT2D eigenvalue weighted by Crippen LogP contribution is 2.36. The number of rotatable bonds is 9. The molecule has 0 radical (unpaired) electrons. The van der Waals surface area contributed by atoms with Crippen LogP contribution in [0.25, 0.3) is 11.1 Å². The number of amides is 1. The number of thiophene rings is 1. The van der Waals surface area contributed by atoms with Crippen LogP contribution in [-0.2, 0) is 19.6 Å². The zero-order valence-corrected chi connectivity index (χ0v) is 20.7. The predicted molar refractivity (Wildman–Crippen MR) is 130 cm³/mol. The molecule has 2 aromatic carbocycles. The maximum Gasteiger partial charge on any atom is 0.341 e. The van der Waals surface area contributed by atoms with Crippen molar-refractivity contribution in [2.75, 3.05) is 11.9 Å². The maximum absolute atomic E-state index is 13.2. The van der Waals surface area contributed by atoms with Crippen molar-refractivity contribution < 1.29 is 27.1 Å². The number of sulfonamides is 1. The first kappa shape index (κ1) is 25.8. The van der Waals surface area contributed by atoms with Crippen LogP contribution in [0.15, 0.2) is 58.8 Å². The van der Waals surface area contributed by atoms with Crippen LogP contribution in [0.1, 0.15) is 30.6 Å². The summed E-state index contributed by atoms with van der Waals surface area (Å²) < 4.78 is 46.0. The third-order valence-corrected chi connectivity index (χ3v) is 7.44. The first-order chi connectivity index (χ1) is 16.2. The molecular weight excluding hydrogens is 503 g/mol. The van der Waals surface area contributed by atoms with E-state index in [0.717, 1.165) is 35.6 Å². The fraction of sp³-hybridized carbons (Fsp3) is 0.217. The minimum Gasteiger partial charge on any atom is -0.462 e. The Bertz CT molecular complexity index is 1280. The number of anilines is 1. The summed E-state index contributed by atoms with van der Waals surface area (Å²) in [5.74, 6) is -1.85. The van der Waals surface area contributed by atoms with E-state index in [4.69, 9.17) is 16.3 Å². The van der Waals surface area contributed by atoms with E-state index < -0.39 is 33.8 Å². The molecule has 1 heterocycles. The van der Waals surface area contributed by atoms with Crippen molar-refractivity contribution >= 4 is 49.8 Å². The van der Waals surface area contributed by atoms with Gasteiger partial charge in [0.05, 0.1) is 11.5 Å². The molecule has 0 aliphatic heterocycles. The molecule has 11 heteroatoms. The molecule has 0 fully saturated rings. The summed E-state index contributed by atoms with van der Waals surface area (Å²) in [4.78, 5) is 25.5. The molecular formula is C23H22ClFN2O5S2. The average Bonchev–Trinajstić information content (AvgIpc) is 3.22. The lowest BCUT2D eigenvalue weighted by Crippen LogP contribution is -2.43. The van der Waals surface area contributed by atoms with Crippen molar-refractivity contribution in [3.05, 3.63) is 70.3 Å². The molecule has 34 heavy (non-hydrogen) atoms. The van der Waals surface area contributed by atoms with Gasteiger partial charge in [0.2, 0.25) is 15.9 Å². The van der Waals surface area contributed by atoms with Gasteiger partial charge in [-0.3, -0.25) is 4.79 Å². The Labute approximate surface area is 206 Å². The highest BCUT2D eigenvalue weighted by Gasteiger charge is 2.28. The van der Waals surface area contributed by atoms with Gasteiger partial charge in [-0.15, -0.1) is 11.3 Å². The van der Waals surface area contributed by atoms with Crippen molar-refractivity contribution in [2.24, 2.45) is 0 Å². The van der Waals surface area contributed by atoms with Gasteiger partial charge < -0.3 is 10.1 Å². The smallest absolute Gasteiger partial charge is 0.341 e. The predicted octanol–water partition coefficient (Wildman–Crippen LogP) is 5.08. The van der Waals surface area contributed by atoms with Crippen LogP contribution in [-0.4, -0.2) is 32.9 Å². The topological polar surface area (TPSA) is 102 Å². The van der Waals surface area contributed by atoms with E-state index in [0.29, 0.717) is 16.1 Å². The van der Waals surface area contributed by atoms with Crippen LogP contribution in [0.5, 0.6) is 0 Å². The monoisotopic (exact) mass is 524 g/mol. The van der Waals surface area contributed by atoms with Crippen molar-refractivity contribution in [3.63, 3.8) is 0 Å². The largest absolute Gasteiger partial charge is 0.462 e. The first-order valence-corrected chi connectivity index (χ1v) is 13.0. The first-order valence-electron chi connectivity index (χ1n) is 10.3. The molecule has 1 atom stereocenters. The Hall–Kier alpha value is -2.79. The van der Waals surface area contributed by atoms with E-state index in [1.807, 2.05) is 0 Å². The molecule has 3 aromatic rings. The molecule has 7 nitrogen and oxygen atoms in total. The van der Waals surface area contributed by atoms with Gasteiger partial charge in [-0.25, -0.2) is 17.6 Å². The molecule has 0 saturated carbocycles. The lowest BCUT2D eigenvalue weighted by atomic mass is 10.0. The SMILES string of the molecule is CCOC(=O)c1c(-c2ccc(Cl)cc2)csc1NC(=O)C(CC)NS(=O)(=O)c1ccc(F)cc1. The van der Waals surface area contributed by atoms with E-state index >= 15 is 0 Å². The zero-order valence-electron chi connectivity index (χ0n) is 18.3. The third kappa shape index (κ3) is 6.01. The lowest BCUT2D eigenvalue weighted by Gasteiger charge is -2.17. The third-order valence-electron chi connectivity index (χ3n) is 4.81. The van der Waals surface area contributed by atoms with Crippen LogP contribution in [0.4, 0.5) is 9.39 Å². The molecule has 1 aromatic heterocycles. The quantitative estimate of drug-likeness (QED) is 0.380. The fourth-order valence-corrected chi connectivity index (χ4v) is 5.45. The second-order valence-corrected chi connectivity index (χ2v) is 10.1. The number of nitrogens with one attached hydrogen (secondary N) is 2. The van der Waals surface area contributed by atoms with Crippen molar-refractivity contribution in [3.8, 4) is 11.1 Å². The van der Waals surface area contributed by atoms with Gasteiger partial charge in [0.15, 0.2) is 0 Å². The molecule has 0 spiro atoms. The summed E-state index contributed by atoms with van der Waals surface area (Å²) in [6.07, 6.45) is 0.135. The molecule has 0 aliphatic rings. The van der Waals surface area contributed by atoms with Gasteiger partial charge in [-0.1, -0.05) is 30.7 Å². The molecule has 1 unspecified atom stereocenters. The second-order valence-electron chi connectivity index (χ2n) is 7.11. The van der Waals surface area contributed by atoms with E-state index in [2.05, 4.69) is 10.0 Å². The Morgan fingerprint density at radius 2 is 1.74 bits per heavy atom. The Morgan fingerprint density at radius 3 is 2.32 bits per heavy atom. The number of esters is 1. The summed E-state index contributed by atoms with van der Waals surface area (Å²) in [6, 6.07) is 9.96. The zero-order chi connectivity index (χ0) is 24.9. The van der Waals surface area contributed by atoms with Gasteiger partial charge in [-0.05, 0) is 55.3 Å². The van der Waals surface area contributed by atoms with Crippen LogP contribution in [0.3, 0.4) is 0 Å². The molecule has 180 valence electrons. The number of benzene rings is 2. The minimum atomic E-state index is -4.08. The van der Waals surface area contributed by atoms with E-state index in [9.17, 15) is 22.4 Å². The molecule has 0 aliphatic carbocycles. The van der Waals surface area contributed by atoms with Gasteiger partial charge in [0.25, 0.3) is 0 Å². The van der Waals surface area contributed by atoms with E-state index in [-0.39, 0.29) is 28.5 Å². The van der Waals surface area contributed by atoms with Crippen LogP contribution in [0, 0.1) is 5.82 Å². The van der Waals surface area contributed by atoms with Crippen LogP contribution < -0.4 is 10.0 Å². The van der Waals surface area contributed by atoms with Gasteiger partial charge in [0.1, 0.15) is 22.4 Å². The Kier molecular flexibility index (Phi) is 8.42.